The van der Waals surface area contributed by atoms with Gasteiger partial charge in [-0.3, -0.25) is 4.79 Å². The van der Waals surface area contributed by atoms with Crippen molar-refractivity contribution in [2.24, 2.45) is 0 Å². The van der Waals surface area contributed by atoms with Gasteiger partial charge >= 0.3 is 0 Å². The number of morpholine rings is 1. The maximum Gasteiger partial charge on any atom is 0.259 e. The van der Waals surface area contributed by atoms with E-state index in [1.54, 1.807) is 18.0 Å². The Balaban J connectivity index is 1.80. The highest BCUT2D eigenvalue weighted by molar-refractivity contribution is 5.96. The van der Waals surface area contributed by atoms with E-state index in [2.05, 4.69) is 15.1 Å². The molecule has 2 aromatic rings. The molecular weight excluding hydrogens is 322 g/mol. The van der Waals surface area contributed by atoms with E-state index in [-0.39, 0.29) is 12.0 Å². The largest absolute Gasteiger partial charge is 0.368 e. The van der Waals surface area contributed by atoms with Crippen molar-refractivity contribution in [3.05, 3.63) is 35.0 Å². The minimum Gasteiger partial charge on any atom is -0.368 e. The monoisotopic (exact) mass is 345 g/mol. The van der Waals surface area contributed by atoms with E-state index in [0.29, 0.717) is 49.1 Å². The Morgan fingerprint density at radius 2 is 2.24 bits per heavy atom. The van der Waals surface area contributed by atoms with Crippen molar-refractivity contribution < 1.29 is 14.1 Å². The summed E-state index contributed by atoms with van der Waals surface area (Å²) in [6.45, 7) is 5.18. The Morgan fingerprint density at radius 3 is 2.96 bits per heavy atom. The van der Waals surface area contributed by atoms with Crippen LogP contribution in [0.4, 0.5) is 5.95 Å². The highest BCUT2D eigenvalue weighted by Gasteiger charge is 2.30. The maximum atomic E-state index is 12.9. The van der Waals surface area contributed by atoms with E-state index in [0.717, 1.165) is 5.69 Å². The molecule has 1 fully saturated rings. The molecule has 3 heterocycles. The molecule has 2 aromatic heterocycles. The minimum atomic E-state index is -0.273. The van der Waals surface area contributed by atoms with E-state index in [1.807, 2.05) is 32.0 Å². The molecule has 134 valence electrons. The number of nitrogens with zero attached hydrogens (tertiary/aromatic N) is 5. The predicted octanol–water partition coefficient (Wildman–Crippen LogP) is 1.62. The first kappa shape index (κ1) is 17.3. The van der Waals surface area contributed by atoms with Crippen LogP contribution in [-0.2, 0) is 11.2 Å². The molecule has 0 radical (unpaired) electrons. The first-order valence-electron chi connectivity index (χ1n) is 8.37. The molecule has 1 aliphatic heterocycles. The first-order valence-corrected chi connectivity index (χ1v) is 8.37. The van der Waals surface area contributed by atoms with Crippen LogP contribution in [0.3, 0.4) is 0 Å². The highest BCUT2D eigenvalue weighted by Crippen LogP contribution is 2.24. The van der Waals surface area contributed by atoms with Gasteiger partial charge in [-0.25, -0.2) is 9.97 Å². The average molecular weight is 345 g/mol. The third-order valence-corrected chi connectivity index (χ3v) is 4.22. The Labute approximate surface area is 146 Å². The third kappa shape index (κ3) is 3.48. The molecule has 1 amide bonds. The highest BCUT2D eigenvalue weighted by atomic mass is 16.5. The molecule has 25 heavy (non-hydrogen) atoms. The molecule has 3 rings (SSSR count). The Morgan fingerprint density at radius 1 is 1.44 bits per heavy atom. The number of aryl methyl sites for hydroxylation is 2. The second-order valence-corrected chi connectivity index (χ2v) is 6.21. The second kappa shape index (κ2) is 7.18. The number of hydrogen-bond donors (Lipinski definition) is 0. The van der Waals surface area contributed by atoms with Gasteiger partial charge in [0.1, 0.15) is 17.4 Å². The zero-order chi connectivity index (χ0) is 18.0. The van der Waals surface area contributed by atoms with Crippen molar-refractivity contribution >= 4 is 11.9 Å². The van der Waals surface area contributed by atoms with Gasteiger partial charge in [0.25, 0.3) is 5.91 Å². The van der Waals surface area contributed by atoms with Gasteiger partial charge in [0.2, 0.25) is 5.95 Å². The molecule has 1 atom stereocenters. The number of aromatic nitrogens is 3. The molecule has 0 saturated carbocycles. The van der Waals surface area contributed by atoms with Gasteiger partial charge in [0, 0.05) is 33.3 Å². The van der Waals surface area contributed by atoms with Crippen molar-refractivity contribution in [3.8, 4) is 0 Å². The molecule has 8 nitrogen and oxygen atoms in total. The lowest BCUT2D eigenvalue weighted by molar-refractivity contribution is -0.0248. The van der Waals surface area contributed by atoms with Crippen LogP contribution in [0.5, 0.6) is 0 Å². The Bertz CT molecular complexity index is 758. The van der Waals surface area contributed by atoms with Gasteiger partial charge in [-0.2, -0.15) is 0 Å². The molecule has 0 aliphatic carbocycles. The number of carbonyl (C=O) groups excluding carboxylic acids is 1. The fourth-order valence-electron chi connectivity index (χ4n) is 2.86. The van der Waals surface area contributed by atoms with Gasteiger partial charge in [-0.05, 0) is 13.0 Å². The summed E-state index contributed by atoms with van der Waals surface area (Å²) < 4.78 is 11.1. The van der Waals surface area contributed by atoms with Crippen molar-refractivity contribution in [1.82, 2.24) is 20.0 Å². The number of hydrogen-bond acceptors (Lipinski definition) is 7. The van der Waals surface area contributed by atoms with Gasteiger partial charge in [-0.1, -0.05) is 12.1 Å². The van der Waals surface area contributed by atoms with Gasteiger partial charge < -0.3 is 19.1 Å². The van der Waals surface area contributed by atoms with E-state index in [9.17, 15) is 4.79 Å². The summed E-state index contributed by atoms with van der Waals surface area (Å²) >= 11 is 0. The minimum absolute atomic E-state index is 0.0641. The molecule has 1 unspecified atom stereocenters. The molecule has 0 N–H and O–H groups in total. The number of amides is 1. The first-order chi connectivity index (χ1) is 12.0. The van der Waals surface area contributed by atoms with Crippen LogP contribution in [0.15, 0.2) is 16.8 Å². The Hall–Kier alpha value is -2.48. The van der Waals surface area contributed by atoms with Crippen molar-refractivity contribution in [2.45, 2.75) is 26.4 Å². The molecule has 0 aromatic carbocycles. The van der Waals surface area contributed by atoms with E-state index in [4.69, 9.17) is 9.26 Å². The lowest BCUT2D eigenvalue weighted by Gasteiger charge is -2.32. The summed E-state index contributed by atoms with van der Waals surface area (Å²) in [5.74, 6) is 1.18. The number of ether oxygens (including phenoxy) is 1. The molecule has 1 aliphatic rings. The molecular formula is C17H23N5O3. The van der Waals surface area contributed by atoms with E-state index in [1.165, 1.54) is 0 Å². The molecule has 0 bridgehead atoms. The smallest absolute Gasteiger partial charge is 0.259 e. The molecule has 8 heteroatoms. The normalized spacial score (nSPS) is 17.6. The summed E-state index contributed by atoms with van der Waals surface area (Å²) in [5, 5.41) is 3.93. The average Bonchev–Trinajstić information content (AvgIpc) is 3.02. The van der Waals surface area contributed by atoms with Crippen molar-refractivity contribution in [2.75, 3.05) is 38.7 Å². The quantitative estimate of drug-likeness (QED) is 0.832. The van der Waals surface area contributed by atoms with E-state index < -0.39 is 0 Å². The molecule has 0 spiro atoms. The van der Waals surface area contributed by atoms with Gasteiger partial charge in [0.15, 0.2) is 0 Å². The summed E-state index contributed by atoms with van der Waals surface area (Å²) in [7, 11) is 3.77. The van der Waals surface area contributed by atoms with Crippen LogP contribution in [-0.4, -0.2) is 59.7 Å². The van der Waals surface area contributed by atoms with Crippen LogP contribution in [0, 0.1) is 6.92 Å². The number of anilines is 1. The zero-order valence-corrected chi connectivity index (χ0v) is 15.0. The lowest BCUT2D eigenvalue weighted by Crippen LogP contribution is -2.42. The van der Waals surface area contributed by atoms with E-state index >= 15 is 0 Å². The summed E-state index contributed by atoms with van der Waals surface area (Å²) in [6.07, 6.45) is 2.07. The molecule has 1 saturated heterocycles. The predicted molar refractivity (Wildman–Crippen MR) is 91.6 cm³/mol. The van der Waals surface area contributed by atoms with Crippen molar-refractivity contribution in [1.29, 1.82) is 0 Å². The Kier molecular flexibility index (Phi) is 4.98. The third-order valence-electron chi connectivity index (χ3n) is 4.22. The van der Waals surface area contributed by atoms with Crippen molar-refractivity contribution in [3.63, 3.8) is 0 Å². The SMILES string of the molecule is CCc1onc(C)c1C(=O)N1CCOC(c2ccnc(N(C)C)n2)C1. The van der Waals surface area contributed by atoms with Gasteiger partial charge in [0.05, 0.1) is 24.5 Å². The van der Waals surface area contributed by atoms with Crippen LogP contribution in [0.2, 0.25) is 0 Å². The summed E-state index contributed by atoms with van der Waals surface area (Å²) in [4.78, 5) is 25.3. The second-order valence-electron chi connectivity index (χ2n) is 6.21. The summed E-state index contributed by atoms with van der Waals surface area (Å²) in [5.41, 5.74) is 1.97. The maximum absolute atomic E-state index is 12.9. The standard InChI is InChI=1S/C17H23N5O3/c1-5-13-15(11(2)20-25-13)16(23)22-8-9-24-14(10-22)12-6-7-18-17(19-12)21(3)4/h6-7,14H,5,8-10H2,1-4H3. The fourth-order valence-corrected chi connectivity index (χ4v) is 2.86. The van der Waals surface area contributed by atoms with Gasteiger partial charge in [-0.15, -0.1) is 0 Å². The van der Waals surface area contributed by atoms with Crippen LogP contribution in [0.1, 0.15) is 40.5 Å². The topological polar surface area (TPSA) is 84.6 Å². The van der Waals surface area contributed by atoms with Crippen LogP contribution < -0.4 is 4.90 Å². The number of carbonyl (C=O) groups is 1. The number of rotatable bonds is 4. The zero-order valence-electron chi connectivity index (χ0n) is 15.0. The lowest BCUT2D eigenvalue weighted by atomic mass is 10.1. The fraction of sp³-hybridized carbons (Fsp3) is 0.529. The summed E-state index contributed by atoms with van der Waals surface area (Å²) in [6, 6.07) is 1.83. The van der Waals surface area contributed by atoms with Crippen LogP contribution in [0.25, 0.3) is 0 Å². The van der Waals surface area contributed by atoms with Crippen LogP contribution >= 0.6 is 0 Å².